The number of rotatable bonds is 5. The lowest BCUT2D eigenvalue weighted by atomic mass is 10.1. The van der Waals surface area contributed by atoms with Crippen molar-refractivity contribution in [2.75, 3.05) is 0 Å². The highest BCUT2D eigenvalue weighted by molar-refractivity contribution is 5.17. The molecule has 0 heterocycles. The van der Waals surface area contributed by atoms with Crippen LogP contribution in [0.5, 0.6) is 0 Å². The van der Waals surface area contributed by atoms with Gasteiger partial charge >= 0.3 is 0 Å². The van der Waals surface area contributed by atoms with Gasteiger partial charge in [0.05, 0.1) is 6.10 Å². The molecule has 0 unspecified atom stereocenters. The van der Waals surface area contributed by atoms with E-state index in [0.717, 1.165) is 18.4 Å². The van der Waals surface area contributed by atoms with E-state index < -0.39 is 0 Å². The molecule has 0 spiro atoms. The molecule has 14 heavy (non-hydrogen) atoms. The molecule has 0 saturated heterocycles. The minimum absolute atomic E-state index is 0.357. The minimum Gasteiger partial charge on any atom is -0.388 e. The fraction of sp³-hybridized carbons (Fsp3) is 0.385. The van der Waals surface area contributed by atoms with Crippen LogP contribution < -0.4 is 0 Å². The Labute approximate surface area is 86.1 Å². The number of unbranched alkanes of at least 4 members (excludes halogenated alkanes) is 1. The molecule has 1 heteroatoms. The van der Waals surface area contributed by atoms with Crippen molar-refractivity contribution in [1.82, 2.24) is 0 Å². The maximum atomic E-state index is 9.77. The van der Waals surface area contributed by atoms with Gasteiger partial charge in [-0.15, -0.1) is 0 Å². The van der Waals surface area contributed by atoms with E-state index in [-0.39, 0.29) is 6.10 Å². The standard InChI is InChI=1S/C13H18O/c1-2-3-4-8-11-13(14)12-9-6-5-7-10-12/h4-10,13-14H,2-3,11H2,1H3/b8-4-/t13-/m0/s1. The highest BCUT2D eigenvalue weighted by Gasteiger charge is 2.02. The minimum atomic E-state index is -0.357. The first kappa shape index (κ1) is 11.0. The quantitative estimate of drug-likeness (QED) is 0.705. The van der Waals surface area contributed by atoms with Crippen molar-refractivity contribution in [3.8, 4) is 0 Å². The van der Waals surface area contributed by atoms with Crippen LogP contribution in [0.4, 0.5) is 0 Å². The van der Waals surface area contributed by atoms with E-state index in [9.17, 15) is 5.11 Å². The summed E-state index contributed by atoms with van der Waals surface area (Å²) in [4.78, 5) is 0. The number of hydrogen-bond acceptors (Lipinski definition) is 1. The van der Waals surface area contributed by atoms with E-state index in [1.54, 1.807) is 0 Å². The van der Waals surface area contributed by atoms with E-state index in [2.05, 4.69) is 19.1 Å². The molecule has 1 atom stereocenters. The zero-order valence-corrected chi connectivity index (χ0v) is 8.69. The van der Waals surface area contributed by atoms with E-state index in [1.165, 1.54) is 0 Å². The zero-order valence-electron chi connectivity index (χ0n) is 8.69. The van der Waals surface area contributed by atoms with Gasteiger partial charge in [-0.25, -0.2) is 0 Å². The molecule has 0 radical (unpaired) electrons. The Bertz CT molecular complexity index is 264. The Morgan fingerprint density at radius 2 is 1.93 bits per heavy atom. The molecular weight excluding hydrogens is 172 g/mol. The molecule has 1 nitrogen and oxygen atoms in total. The summed E-state index contributed by atoms with van der Waals surface area (Å²) in [5, 5.41) is 9.77. The predicted octanol–water partition coefficient (Wildman–Crippen LogP) is 3.47. The lowest BCUT2D eigenvalue weighted by molar-refractivity contribution is 0.181. The van der Waals surface area contributed by atoms with Gasteiger partial charge in [0, 0.05) is 0 Å². The van der Waals surface area contributed by atoms with Gasteiger partial charge in [-0.05, 0) is 18.4 Å². The van der Waals surface area contributed by atoms with Crippen LogP contribution >= 0.6 is 0 Å². The van der Waals surface area contributed by atoms with Crippen LogP contribution in [0.3, 0.4) is 0 Å². The second-order valence-corrected chi connectivity index (χ2v) is 3.42. The summed E-state index contributed by atoms with van der Waals surface area (Å²) in [7, 11) is 0. The first-order chi connectivity index (χ1) is 6.84. The Morgan fingerprint density at radius 1 is 1.21 bits per heavy atom. The molecule has 1 N–H and O–H groups in total. The highest BCUT2D eigenvalue weighted by atomic mass is 16.3. The molecule has 1 rings (SSSR count). The number of aliphatic hydroxyl groups is 1. The summed E-state index contributed by atoms with van der Waals surface area (Å²) in [6.07, 6.45) is 6.81. The Hall–Kier alpha value is -1.08. The van der Waals surface area contributed by atoms with Crippen LogP contribution in [0.15, 0.2) is 42.5 Å². The fourth-order valence-corrected chi connectivity index (χ4v) is 1.32. The first-order valence-electron chi connectivity index (χ1n) is 5.22. The van der Waals surface area contributed by atoms with Crippen LogP contribution in [-0.4, -0.2) is 5.11 Å². The van der Waals surface area contributed by atoms with Gasteiger partial charge in [0.15, 0.2) is 0 Å². The van der Waals surface area contributed by atoms with Gasteiger partial charge in [-0.3, -0.25) is 0 Å². The average molecular weight is 190 g/mol. The van der Waals surface area contributed by atoms with Crippen LogP contribution in [0.1, 0.15) is 37.9 Å². The molecule has 1 aromatic carbocycles. The van der Waals surface area contributed by atoms with E-state index >= 15 is 0 Å². The van der Waals surface area contributed by atoms with Crippen molar-refractivity contribution in [1.29, 1.82) is 0 Å². The maximum absolute atomic E-state index is 9.77. The normalized spacial score (nSPS) is 13.3. The largest absolute Gasteiger partial charge is 0.388 e. The van der Waals surface area contributed by atoms with Gasteiger partial charge < -0.3 is 5.11 Å². The molecule has 0 aliphatic heterocycles. The van der Waals surface area contributed by atoms with Crippen LogP contribution in [0, 0.1) is 0 Å². The van der Waals surface area contributed by atoms with Crippen LogP contribution in [0.25, 0.3) is 0 Å². The van der Waals surface area contributed by atoms with Crippen molar-refractivity contribution in [3.63, 3.8) is 0 Å². The first-order valence-corrected chi connectivity index (χ1v) is 5.22. The molecule has 0 aromatic heterocycles. The monoisotopic (exact) mass is 190 g/mol. The molecular formula is C13H18O. The second-order valence-electron chi connectivity index (χ2n) is 3.42. The summed E-state index contributed by atoms with van der Waals surface area (Å²) in [6.45, 7) is 2.15. The van der Waals surface area contributed by atoms with Crippen LogP contribution in [-0.2, 0) is 0 Å². The van der Waals surface area contributed by atoms with Gasteiger partial charge in [-0.1, -0.05) is 55.8 Å². The van der Waals surface area contributed by atoms with Gasteiger partial charge in [0.1, 0.15) is 0 Å². The highest BCUT2D eigenvalue weighted by Crippen LogP contribution is 2.16. The molecule has 0 aliphatic rings. The topological polar surface area (TPSA) is 20.2 Å². The number of allylic oxidation sites excluding steroid dienone is 1. The maximum Gasteiger partial charge on any atom is 0.0824 e. The number of benzene rings is 1. The lowest BCUT2D eigenvalue weighted by Gasteiger charge is -2.07. The molecule has 0 amide bonds. The van der Waals surface area contributed by atoms with Crippen molar-refractivity contribution in [3.05, 3.63) is 48.0 Å². The summed E-state index contributed by atoms with van der Waals surface area (Å²) < 4.78 is 0. The van der Waals surface area contributed by atoms with Gasteiger partial charge in [-0.2, -0.15) is 0 Å². The third-order valence-corrected chi connectivity index (χ3v) is 2.17. The SMILES string of the molecule is CCC/C=C\C[C@H](O)c1ccccc1. The Morgan fingerprint density at radius 3 is 2.57 bits per heavy atom. The van der Waals surface area contributed by atoms with Gasteiger partial charge in [0.2, 0.25) is 0 Å². The number of aliphatic hydroxyl groups excluding tert-OH is 1. The lowest BCUT2D eigenvalue weighted by Crippen LogP contribution is -1.94. The summed E-state index contributed by atoms with van der Waals surface area (Å²) >= 11 is 0. The summed E-state index contributed by atoms with van der Waals surface area (Å²) in [5.41, 5.74) is 0.994. The smallest absolute Gasteiger partial charge is 0.0824 e. The Balaban J connectivity index is 2.39. The van der Waals surface area contributed by atoms with E-state index in [1.807, 2.05) is 30.3 Å². The molecule has 0 bridgehead atoms. The Kier molecular flexibility index (Phi) is 5.02. The van der Waals surface area contributed by atoms with Crippen molar-refractivity contribution < 1.29 is 5.11 Å². The molecule has 0 aliphatic carbocycles. The number of hydrogen-bond donors (Lipinski definition) is 1. The average Bonchev–Trinajstić information content (AvgIpc) is 2.25. The van der Waals surface area contributed by atoms with Gasteiger partial charge in [0.25, 0.3) is 0 Å². The summed E-state index contributed by atoms with van der Waals surface area (Å²) in [5.74, 6) is 0. The summed E-state index contributed by atoms with van der Waals surface area (Å²) in [6, 6.07) is 9.78. The fourth-order valence-electron chi connectivity index (χ4n) is 1.32. The van der Waals surface area contributed by atoms with E-state index in [0.29, 0.717) is 6.42 Å². The third-order valence-electron chi connectivity index (χ3n) is 2.17. The van der Waals surface area contributed by atoms with Crippen molar-refractivity contribution >= 4 is 0 Å². The zero-order chi connectivity index (χ0) is 10.2. The molecule has 0 saturated carbocycles. The van der Waals surface area contributed by atoms with Crippen molar-refractivity contribution in [2.45, 2.75) is 32.3 Å². The van der Waals surface area contributed by atoms with Crippen LogP contribution in [0.2, 0.25) is 0 Å². The molecule has 76 valence electrons. The molecule has 1 aromatic rings. The van der Waals surface area contributed by atoms with Crippen molar-refractivity contribution in [2.24, 2.45) is 0 Å². The second kappa shape index (κ2) is 6.39. The van der Waals surface area contributed by atoms with E-state index in [4.69, 9.17) is 0 Å². The predicted molar refractivity (Wildman–Crippen MR) is 60.1 cm³/mol. The third kappa shape index (κ3) is 3.75. The molecule has 0 fully saturated rings.